The number of aliphatic hydroxyl groups excluding tert-OH is 1. The number of nitrogens with one attached hydrogen (secondary N) is 1. The Morgan fingerprint density at radius 2 is 1.66 bits per heavy atom. The van der Waals surface area contributed by atoms with Gasteiger partial charge in [-0.25, -0.2) is 9.59 Å². The molecule has 2 unspecified atom stereocenters. The second kappa shape index (κ2) is 21.1. The van der Waals surface area contributed by atoms with E-state index in [1.807, 2.05) is 6.08 Å². The Morgan fingerprint density at radius 3 is 2.39 bits per heavy atom. The van der Waals surface area contributed by atoms with E-state index in [0.717, 1.165) is 82.9 Å². The van der Waals surface area contributed by atoms with Crippen molar-refractivity contribution in [3.8, 4) is 0 Å². The number of methoxy groups -OCH3 is 1. The minimum atomic E-state index is -0.746. The van der Waals surface area contributed by atoms with Crippen LogP contribution in [0.3, 0.4) is 0 Å². The van der Waals surface area contributed by atoms with Gasteiger partial charge in [0.15, 0.2) is 5.78 Å². The van der Waals surface area contributed by atoms with Gasteiger partial charge in [-0.1, -0.05) is 45.4 Å². The number of nitrogens with zero attached hydrogens (tertiary/aromatic N) is 1. The Morgan fingerprint density at radius 1 is 0.905 bits per heavy atom. The van der Waals surface area contributed by atoms with Gasteiger partial charge in [-0.3, -0.25) is 9.59 Å². The topological polar surface area (TPSA) is 170 Å². The molecule has 9 rings (SSSR count). The molecule has 1 amide bonds. The van der Waals surface area contributed by atoms with Crippen molar-refractivity contribution in [2.45, 2.75) is 194 Å². The molecule has 0 spiro atoms. The highest BCUT2D eigenvalue weighted by molar-refractivity contribution is 5.93. The molecule has 1 aromatic rings. The first-order valence-corrected chi connectivity index (χ1v) is 28.6. The number of benzene rings is 1. The third-order valence-electron chi connectivity index (χ3n) is 21.6. The lowest BCUT2D eigenvalue weighted by Gasteiger charge is -2.64. The van der Waals surface area contributed by atoms with Gasteiger partial charge in [0.25, 0.3) is 0 Å². The smallest absolute Gasteiger partial charge is 0.469 e. The molecule has 410 valence electrons. The van der Waals surface area contributed by atoms with Crippen LogP contribution in [0.1, 0.15) is 170 Å². The molecule has 1 aromatic carbocycles. The van der Waals surface area contributed by atoms with Gasteiger partial charge >= 0.3 is 18.2 Å². The average molecular weight is 1030 g/mol. The zero-order valence-corrected chi connectivity index (χ0v) is 46.5. The number of rotatable bonds is 14. The Labute approximate surface area is 441 Å². The van der Waals surface area contributed by atoms with Crippen molar-refractivity contribution in [3.63, 3.8) is 0 Å². The van der Waals surface area contributed by atoms with Crippen molar-refractivity contribution in [2.24, 2.45) is 63.6 Å². The number of ketones is 1. The van der Waals surface area contributed by atoms with E-state index in [4.69, 9.17) is 23.7 Å². The van der Waals surface area contributed by atoms with Gasteiger partial charge in [-0.05, 0) is 205 Å². The van der Waals surface area contributed by atoms with Crippen LogP contribution in [0.25, 0.3) is 0 Å². The van der Waals surface area contributed by atoms with E-state index in [2.05, 4.69) is 76.1 Å². The quantitative estimate of drug-likeness (QED) is 0.0917. The molecule has 0 aliphatic heterocycles. The number of ether oxygens (including phenoxy) is 5. The molecule has 0 bridgehead atoms. The summed E-state index contributed by atoms with van der Waals surface area (Å²) in [5.41, 5.74) is 4.66. The predicted octanol–water partition coefficient (Wildman–Crippen LogP) is 11.0. The summed E-state index contributed by atoms with van der Waals surface area (Å²) >= 11 is 0. The van der Waals surface area contributed by atoms with E-state index in [1.165, 1.54) is 23.8 Å². The molecule has 13 nitrogen and oxygen atoms in total. The summed E-state index contributed by atoms with van der Waals surface area (Å²) in [7, 11) is 3.55. The fraction of sp³-hybridized carbons (Fsp3) is 0.770. The lowest BCUT2D eigenvalue weighted by molar-refractivity contribution is -0.211. The predicted molar refractivity (Wildman–Crippen MR) is 283 cm³/mol. The fourth-order valence-electron chi connectivity index (χ4n) is 17.4. The molecule has 74 heavy (non-hydrogen) atoms. The second-order valence-electron chi connectivity index (χ2n) is 26.4. The number of hydrogen-bond acceptors (Lipinski definition) is 12. The van der Waals surface area contributed by atoms with Crippen molar-refractivity contribution in [2.75, 3.05) is 45.4 Å². The number of carbonyl (C=O) groups excluding carboxylic acids is 4. The van der Waals surface area contributed by atoms with Gasteiger partial charge in [0.05, 0.1) is 38.1 Å². The summed E-state index contributed by atoms with van der Waals surface area (Å²) in [5, 5.41) is 26.9. The van der Waals surface area contributed by atoms with Gasteiger partial charge in [0.1, 0.15) is 18.3 Å². The highest BCUT2D eigenvalue weighted by atomic mass is 16.7. The van der Waals surface area contributed by atoms with Gasteiger partial charge in [0.2, 0.25) is 0 Å². The molecular formula is C61H90N2O11. The number of hydrogen-bond donors (Lipinski definition) is 3. The van der Waals surface area contributed by atoms with Gasteiger partial charge in [-0.2, -0.15) is 0 Å². The van der Waals surface area contributed by atoms with E-state index in [0.29, 0.717) is 50.5 Å². The molecule has 8 aliphatic rings. The van der Waals surface area contributed by atoms with Crippen LogP contribution in [0.5, 0.6) is 0 Å². The van der Waals surface area contributed by atoms with Crippen LogP contribution in [0.2, 0.25) is 0 Å². The first kappa shape index (κ1) is 54.8. The SMILES string of the molecule is COC(=O)CC[C@@H](C)[C@H]1CC[C@H]2[C@@H]3[C@H](OC(=O)OCCNC(=O)OC(C)(C)C)C[C@@H]4C[C@@H](OCCN(C)c5ccc([C@H]6C[C@@]7(C)C(CC[C@]7(C)O)C7CCC8=CC(=O)CCC8=C76)cc5)CC[C@]4(C)[C@H]3C[C@H](O)[C@]12C. The van der Waals surface area contributed by atoms with E-state index in [-0.39, 0.29) is 83.3 Å². The van der Waals surface area contributed by atoms with Crippen molar-refractivity contribution in [3.05, 3.63) is 52.6 Å². The van der Waals surface area contributed by atoms with Crippen LogP contribution in [0.15, 0.2) is 47.1 Å². The number of fused-ring (bicyclic) bond motifs is 9. The number of allylic oxidation sites excluding steroid dienone is 4. The first-order chi connectivity index (χ1) is 35.0. The molecule has 6 fully saturated rings. The summed E-state index contributed by atoms with van der Waals surface area (Å²) in [4.78, 5) is 52.9. The maximum absolute atomic E-state index is 13.6. The van der Waals surface area contributed by atoms with Crippen LogP contribution in [0.4, 0.5) is 15.3 Å². The van der Waals surface area contributed by atoms with Gasteiger partial charge < -0.3 is 44.1 Å². The molecule has 16 atom stereocenters. The normalized spacial score (nSPS) is 38.7. The number of carbonyl (C=O) groups is 4. The highest BCUT2D eigenvalue weighted by Crippen LogP contribution is 2.70. The standard InChI is InChI=1S/C61H90N2O11/c1-36(11-22-52(66)70-10)46-20-21-48-54-49(34-51(65)61(46,48)8)58(5)25-23-42(32-39(58)33-50(54)73-56(68)72-29-27-62-55(67)74-57(2,3)4)71-30-28-63(9)40-15-12-37(13-16-40)45-35-59(6)47(24-26-60(59,7)69)44-18-14-38-31-41(64)17-19-43(38)53(44)45/h12-13,15-16,31,36,39,42,44-51,54,65,69H,11,14,17-30,32-35H2,1-10H3,(H,62,67)/t36-,39+,42+,44?,45-,46-,47?,48+,49+,50-,51+,54+,58+,59+,60+,61-/m1/s1. The molecule has 6 saturated carbocycles. The minimum Gasteiger partial charge on any atom is -0.469 e. The molecule has 13 heteroatoms. The number of amides is 1. The maximum Gasteiger partial charge on any atom is 0.508 e. The number of anilines is 1. The van der Waals surface area contributed by atoms with E-state index in [9.17, 15) is 29.4 Å². The minimum absolute atomic E-state index is 0.0387. The third kappa shape index (κ3) is 10.3. The van der Waals surface area contributed by atoms with Gasteiger partial charge in [-0.15, -0.1) is 0 Å². The van der Waals surface area contributed by atoms with Crippen LogP contribution < -0.4 is 10.2 Å². The van der Waals surface area contributed by atoms with E-state index < -0.39 is 41.1 Å². The van der Waals surface area contributed by atoms with Crippen molar-refractivity contribution in [1.29, 1.82) is 0 Å². The van der Waals surface area contributed by atoms with Crippen LogP contribution in [-0.4, -0.2) is 104 Å². The van der Waals surface area contributed by atoms with Crippen molar-refractivity contribution in [1.82, 2.24) is 5.32 Å². The Bertz CT molecular complexity index is 2320. The molecule has 0 saturated heterocycles. The number of esters is 1. The summed E-state index contributed by atoms with van der Waals surface area (Å²) in [6.45, 7) is 18.0. The molecule has 0 radical (unpaired) electrons. The molecule has 0 heterocycles. The Kier molecular flexibility index (Phi) is 15.7. The lowest BCUT2D eigenvalue weighted by Crippen LogP contribution is -2.63. The van der Waals surface area contributed by atoms with Crippen LogP contribution in [-0.2, 0) is 33.3 Å². The number of alkyl carbamates (subject to hydrolysis) is 1. The average Bonchev–Trinajstić information content (AvgIpc) is 3.83. The monoisotopic (exact) mass is 1030 g/mol. The first-order valence-electron chi connectivity index (χ1n) is 28.6. The largest absolute Gasteiger partial charge is 0.508 e. The van der Waals surface area contributed by atoms with E-state index >= 15 is 0 Å². The zero-order chi connectivity index (χ0) is 53.1. The summed E-state index contributed by atoms with van der Waals surface area (Å²) in [6.07, 6.45) is 12.9. The second-order valence-corrected chi connectivity index (χ2v) is 26.4. The maximum atomic E-state index is 13.6. The molecular weight excluding hydrogens is 937 g/mol. The summed E-state index contributed by atoms with van der Waals surface area (Å²) in [5.74, 6) is 2.07. The molecule has 8 aliphatic carbocycles. The Hall–Kier alpha value is -3.94. The van der Waals surface area contributed by atoms with E-state index in [1.54, 1.807) is 26.3 Å². The number of aliphatic hydroxyl groups is 2. The van der Waals surface area contributed by atoms with Crippen molar-refractivity contribution < 1.29 is 53.1 Å². The lowest BCUT2D eigenvalue weighted by atomic mass is 9.43. The summed E-state index contributed by atoms with van der Waals surface area (Å²) < 4.78 is 29.1. The number of likely N-dealkylation sites (N-methyl/N-ethyl adjacent to an activating group) is 1. The summed E-state index contributed by atoms with van der Waals surface area (Å²) in [6, 6.07) is 9.09. The molecule has 0 aromatic heterocycles. The van der Waals surface area contributed by atoms with Crippen LogP contribution in [0, 0.1) is 63.6 Å². The highest BCUT2D eigenvalue weighted by Gasteiger charge is 2.67. The van der Waals surface area contributed by atoms with Crippen LogP contribution >= 0.6 is 0 Å². The van der Waals surface area contributed by atoms with Crippen molar-refractivity contribution >= 4 is 29.7 Å². The fourth-order valence-corrected chi connectivity index (χ4v) is 17.4. The van der Waals surface area contributed by atoms with Gasteiger partial charge in [0, 0.05) is 49.4 Å². The zero-order valence-electron chi connectivity index (χ0n) is 46.5. The third-order valence-corrected chi connectivity index (χ3v) is 21.6. The Balaban J connectivity index is 0.861. The molecule has 3 N–H and O–H groups in total.